The summed E-state index contributed by atoms with van der Waals surface area (Å²) in [6.45, 7) is 2.24. The average molecular weight is 472 g/mol. The van der Waals surface area contributed by atoms with Crippen LogP contribution in [0.25, 0.3) is 0 Å². The summed E-state index contributed by atoms with van der Waals surface area (Å²) in [6, 6.07) is 11.9. The Labute approximate surface area is 180 Å². The number of halogens is 1. The first-order valence-corrected chi connectivity index (χ1v) is 10.7. The van der Waals surface area contributed by atoms with Crippen molar-refractivity contribution in [2.24, 2.45) is 0 Å². The highest BCUT2D eigenvalue weighted by Gasteiger charge is 2.11. The minimum atomic E-state index is 0.459. The fraction of sp³-hybridized carbons (Fsp3) is 0.200. The van der Waals surface area contributed by atoms with E-state index in [9.17, 15) is 0 Å². The summed E-state index contributed by atoms with van der Waals surface area (Å²) in [7, 11) is 0. The van der Waals surface area contributed by atoms with Gasteiger partial charge in [0.2, 0.25) is 11.8 Å². The van der Waals surface area contributed by atoms with Gasteiger partial charge in [-0.15, -0.1) is 21.5 Å². The molecule has 0 radical (unpaired) electrons. The van der Waals surface area contributed by atoms with Crippen LogP contribution in [0.5, 0.6) is 5.75 Å². The molecule has 0 unspecified atom stereocenters. The number of hydrogen-bond donors (Lipinski definition) is 1. The molecule has 148 valence electrons. The first-order valence-electron chi connectivity index (χ1n) is 8.98. The van der Waals surface area contributed by atoms with Crippen molar-refractivity contribution < 1.29 is 9.15 Å². The van der Waals surface area contributed by atoms with Gasteiger partial charge in [-0.05, 0) is 34.0 Å². The normalized spacial score (nSPS) is 10.8. The van der Waals surface area contributed by atoms with Crippen molar-refractivity contribution in [3.8, 4) is 5.75 Å². The molecular weight excluding hydrogens is 454 g/mol. The van der Waals surface area contributed by atoms with Gasteiger partial charge in [0.1, 0.15) is 6.61 Å². The van der Waals surface area contributed by atoms with Crippen molar-refractivity contribution >= 4 is 38.2 Å². The molecule has 0 bridgehead atoms. The molecule has 4 rings (SSSR count). The minimum Gasteiger partial charge on any atom is -0.485 e. The monoisotopic (exact) mass is 471 g/mol. The summed E-state index contributed by atoms with van der Waals surface area (Å²) in [4.78, 5) is 9.06. The molecule has 0 saturated heterocycles. The summed E-state index contributed by atoms with van der Waals surface area (Å²) >= 11 is 4.97. The second-order valence-electron chi connectivity index (χ2n) is 6.26. The predicted molar refractivity (Wildman–Crippen MR) is 115 cm³/mol. The van der Waals surface area contributed by atoms with Crippen molar-refractivity contribution in [3.05, 3.63) is 75.5 Å². The van der Waals surface area contributed by atoms with Gasteiger partial charge >= 0.3 is 0 Å². The minimum absolute atomic E-state index is 0.459. The van der Waals surface area contributed by atoms with E-state index in [1.165, 1.54) is 11.3 Å². The Morgan fingerprint density at radius 3 is 2.83 bits per heavy atom. The molecule has 0 aliphatic rings. The molecule has 0 amide bonds. The van der Waals surface area contributed by atoms with Crippen LogP contribution in [-0.2, 0) is 19.4 Å². The molecule has 0 aliphatic carbocycles. The maximum absolute atomic E-state index is 5.98. The molecule has 1 N–H and O–H groups in total. The van der Waals surface area contributed by atoms with Crippen LogP contribution in [0.15, 0.2) is 56.9 Å². The van der Waals surface area contributed by atoms with Gasteiger partial charge in [0.15, 0.2) is 16.7 Å². The second kappa shape index (κ2) is 9.15. The third kappa shape index (κ3) is 5.39. The number of benzene rings is 1. The Bertz CT molecular complexity index is 1080. The van der Waals surface area contributed by atoms with E-state index in [-0.39, 0.29) is 0 Å². The summed E-state index contributed by atoms with van der Waals surface area (Å²) in [5.74, 6) is 2.47. The number of aryl methyl sites for hydroxylation is 3. The van der Waals surface area contributed by atoms with Gasteiger partial charge in [-0.3, -0.25) is 0 Å². The lowest BCUT2D eigenvalue weighted by Crippen LogP contribution is -2.01. The third-order valence-electron chi connectivity index (χ3n) is 4.00. The van der Waals surface area contributed by atoms with E-state index in [0.29, 0.717) is 36.4 Å². The highest BCUT2D eigenvalue weighted by Crippen LogP contribution is 2.30. The molecular formula is C20H18BrN5O2S. The Morgan fingerprint density at radius 1 is 1.17 bits per heavy atom. The topological polar surface area (TPSA) is 86.0 Å². The van der Waals surface area contributed by atoms with E-state index >= 15 is 0 Å². The number of nitrogens with one attached hydrogen (secondary N) is 1. The highest BCUT2D eigenvalue weighted by molar-refractivity contribution is 9.10. The number of rotatable bonds is 8. The number of pyridine rings is 1. The van der Waals surface area contributed by atoms with Gasteiger partial charge in [-0.2, -0.15) is 0 Å². The lowest BCUT2D eigenvalue weighted by atomic mass is 10.2. The molecule has 0 fully saturated rings. The molecule has 3 aromatic heterocycles. The van der Waals surface area contributed by atoms with Gasteiger partial charge < -0.3 is 14.5 Å². The molecule has 9 heteroatoms. The zero-order valence-corrected chi connectivity index (χ0v) is 18.0. The van der Waals surface area contributed by atoms with Gasteiger partial charge in [-0.1, -0.05) is 30.3 Å². The molecule has 1 aromatic carbocycles. The molecule has 4 aromatic rings. The van der Waals surface area contributed by atoms with Crippen molar-refractivity contribution in [1.29, 1.82) is 0 Å². The molecule has 0 atom stereocenters. The van der Waals surface area contributed by atoms with Crippen LogP contribution in [0.4, 0.5) is 10.9 Å². The van der Waals surface area contributed by atoms with Crippen molar-refractivity contribution in [2.45, 2.75) is 26.4 Å². The van der Waals surface area contributed by atoms with E-state index in [1.54, 1.807) is 13.1 Å². The van der Waals surface area contributed by atoms with Crippen LogP contribution >= 0.6 is 27.3 Å². The quantitative estimate of drug-likeness (QED) is 0.382. The van der Waals surface area contributed by atoms with Gasteiger partial charge in [0, 0.05) is 29.4 Å². The summed E-state index contributed by atoms with van der Waals surface area (Å²) in [5.41, 5.74) is 2.04. The number of hydrogen-bond acceptors (Lipinski definition) is 8. The fourth-order valence-corrected chi connectivity index (χ4v) is 3.67. The van der Waals surface area contributed by atoms with Crippen molar-refractivity contribution in [3.63, 3.8) is 0 Å². The summed E-state index contributed by atoms with van der Waals surface area (Å²) < 4.78 is 12.2. The average Bonchev–Trinajstić information content (AvgIpc) is 3.36. The number of aromatic nitrogens is 4. The first-order chi connectivity index (χ1) is 14.2. The molecule has 7 nitrogen and oxygen atoms in total. The zero-order valence-electron chi connectivity index (χ0n) is 15.6. The van der Waals surface area contributed by atoms with E-state index in [1.807, 2.05) is 41.8 Å². The van der Waals surface area contributed by atoms with Crippen LogP contribution in [0, 0.1) is 6.92 Å². The molecule has 3 heterocycles. The van der Waals surface area contributed by atoms with Gasteiger partial charge in [0.25, 0.3) is 0 Å². The predicted octanol–water partition coefficient (Wildman–Crippen LogP) is 5.10. The lowest BCUT2D eigenvalue weighted by Gasteiger charge is -2.11. The van der Waals surface area contributed by atoms with E-state index in [0.717, 1.165) is 27.3 Å². The van der Waals surface area contributed by atoms with Crippen LogP contribution in [0.1, 0.15) is 23.0 Å². The van der Waals surface area contributed by atoms with E-state index < -0.39 is 0 Å². The third-order valence-corrected chi connectivity index (χ3v) is 5.24. The fourth-order valence-electron chi connectivity index (χ4n) is 2.61. The Morgan fingerprint density at radius 2 is 2.03 bits per heavy atom. The Kier molecular flexibility index (Phi) is 6.16. The van der Waals surface area contributed by atoms with Crippen LogP contribution < -0.4 is 10.1 Å². The van der Waals surface area contributed by atoms with Gasteiger partial charge in [0.05, 0.1) is 5.69 Å². The molecule has 0 saturated carbocycles. The molecule has 0 aliphatic heterocycles. The highest BCUT2D eigenvalue weighted by atomic mass is 79.9. The first kappa shape index (κ1) is 19.5. The van der Waals surface area contributed by atoms with Crippen molar-refractivity contribution in [1.82, 2.24) is 20.2 Å². The Hall–Kier alpha value is -2.78. The maximum Gasteiger partial charge on any atom is 0.216 e. The number of thiazole rings is 1. The largest absolute Gasteiger partial charge is 0.485 e. The van der Waals surface area contributed by atoms with Gasteiger partial charge in [-0.25, -0.2) is 9.97 Å². The maximum atomic E-state index is 5.98. The summed E-state index contributed by atoms with van der Waals surface area (Å²) in [5, 5.41) is 13.9. The Balaban J connectivity index is 1.41. The van der Waals surface area contributed by atoms with Crippen molar-refractivity contribution in [2.75, 3.05) is 5.32 Å². The van der Waals surface area contributed by atoms with E-state index in [2.05, 4.69) is 41.4 Å². The zero-order chi connectivity index (χ0) is 20.1. The van der Waals surface area contributed by atoms with E-state index in [4.69, 9.17) is 9.15 Å². The smallest absolute Gasteiger partial charge is 0.216 e. The second-order valence-corrected chi connectivity index (χ2v) is 8.03. The summed E-state index contributed by atoms with van der Waals surface area (Å²) in [6.07, 6.45) is 3.11. The lowest BCUT2D eigenvalue weighted by molar-refractivity contribution is 0.306. The number of ether oxygens (including phenoxy) is 1. The molecule has 0 spiro atoms. The van der Waals surface area contributed by atoms with Crippen LogP contribution in [0.3, 0.4) is 0 Å². The number of nitrogens with zero attached hydrogens (tertiary/aromatic N) is 4. The number of anilines is 2. The standard InChI is InChI=1S/C20H18BrN5O2S/c1-13-25-26-18(28-13)8-7-16-12-29-20(23-16)24-19-17(9-15(21)10-22-19)27-11-14-5-3-2-4-6-14/h2-6,9-10,12H,7-8,11H2,1H3,(H,22,23,24). The van der Waals surface area contributed by atoms with Crippen LogP contribution in [-0.4, -0.2) is 20.2 Å². The molecule has 29 heavy (non-hydrogen) atoms. The SMILES string of the molecule is Cc1nnc(CCc2csc(Nc3ncc(Br)cc3OCc3ccccc3)n2)o1. The van der Waals surface area contributed by atoms with Crippen LogP contribution in [0.2, 0.25) is 0 Å².